The van der Waals surface area contributed by atoms with Gasteiger partial charge in [0, 0.05) is 0 Å². The molecule has 3 nitrogen and oxygen atoms in total. The topological polar surface area (TPSA) is 46.5 Å². The fraction of sp³-hybridized carbons (Fsp3) is 0.500. The van der Waals surface area contributed by atoms with Crippen LogP contribution in [0.15, 0.2) is 18.2 Å². The summed E-state index contributed by atoms with van der Waals surface area (Å²) in [4.78, 5) is 11.0. The number of carboxylic acids is 1. The van der Waals surface area contributed by atoms with Crippen molar-refractivity contribution in [3.8, 4) is 5.75 Å². The Morgan fingerprint density at radius 3 is 2.88 bits per heavy atom. The molecule has 1 N–H and O–H groups in total. The van der Waals surface area contributed by atoms with Crippen LogP contribution < -0.4 is 4.74 Å². The number of benzene rings is 1. The van der Waals surface area contributed by atoms with Gasteiger partial charge in [-0.3, -0.25) is 4.79 Å². The molecule has 92 valence electrons. The molecule has 0 aliphatic heterocycles. The van der Waals surface area contributed by atoms with Crippen LogP contribution >= 0.6 is 0 Å². The molecular formula is C14H18O3. The maximum atomic E-state index is 11.0. The molecule has 17 heavy (non-hydrogen) atoms. The molecule has 1 aromatic carbocycles. The van der Waals surface area contributed by atoms with Crippen molar-refractivity contribution in [3.63, 3.8) is 0 Å². The summed E-state index contributed by atoms with van der Waals surface area (Å²) in [6.45, 7) is 1.80. The van der Waals surface area contributed by atoms with E-state index in [0.717, 1.165) is 25.0 Å². The summed E-state index contributed by atoms with van der Waals surface area (Å²) in [6.07, 6.45) is 2.79. The number of rotatable bonds is 3. The third-order valence-corrected chi connectivity index (χ3v) is 3.78. The van der Waals surface area contributed by atoms with Crippen molar-refractivity contribution in [1.82, 2.24) is 0 Å². The Morgan fingerprint density at radius 2 is 2.24 bits per heavy atom. The van der Waals surface area contributed by atoms with Gasteiger partial charge in [0.1, 0.15) is 5.75 Å². The number of hydrogen-bond donors (Lipinski definition) is 1. The van der Waals surface area contributed by atoms with Crippen molar-refractivity contribution in [1.29, 1.82) is 0 Å². The second-order valence-electron chi connectivity index (χ2n) is 4.76. The SMILES string of the molecule is COc1ccc2c(c1)CC(C(C)C(=O)O)CC2. The molecule has 2 unspecified atom stereocenters. The Bertz CT molecular complexity index is 425. The number of aryl methyl sites for hydroxylation is 1. The third-order valence-electron chi connectivity index (χ3n) is 3.78. The Hall–Kier alpha value is -1.51. The fourth-order valence-corrected chi connectivity index (χ4v) is 2.52. The number of carboxylic acid groups (broad SMARTS) is 1. The maximum absolute atomic E-state index is 11.0. The van der Waals surface area contributed by atoms with Gasteiger partial charge in [0.15, 0.2) is 0 Å². The first-order chi connectivity index (χ1) is 8.11. The lowest BCUT2D eigenvalue weighted by atomic mass is 9.77. The molecule has 2 atom stereocenters. The first-order valence-electron chi connectivity index (χ1n) is 6.00. The van der Waals surface area contributed by atoms with Crippen molar-refractivity contribution in [2.24, 2.45) is 11.8 Å². The summed E-state index contributed by atoms with van der Waals surface area (Å²) in [7, 11) is 1.65. The average molecular weight is 234 g/mol. The first kappa shape index (κ1) is 12.0. The Morgan fingerprint density at radius 1 is 1.47 bits per heavy atom. The molecule has 0 aromatic heterocycles. The summed E-state index contributed by atoms with van der Waals surface area (Å²) < 4.78 is 5.21. The van der Waals surface area contributed by atoms with Gasteiger partial charge in [-0.05, 0) is 48.4 Å². The van der Waals surface area contributed by atoms with Gasteiger partial charge in [-0.25, -0.2) is 0 Å². The van der Waals surface area contributed by atoms with E-state index in [4.69, 9.17) is 9.84 Å². The third kappa shape index (κ3) is 2.43. The van der Waals surface area contributed by atoms with Crippen LogP contribution in [-0.2, 0) is 17.6 Å². The highest BCUT2D eigenvalue weighted by atomic mass is 16.5. The monoisotopic (exact) mass is 234 g/mol. The molecule has 0 heterocycles. The van der Waals surface area contributed by atoms with Crippen molar-refractivity contribution in [2.45, 2.75) is 26.2 Å². The van der Waals surface area contributed by atoms with Gasteiger partial charge in [0.2, 0.25) is 0 Å². The predicted octanol–water partition coefficient (Wildman–Crippen LogP) is 2.52. The van der Waals surface area contributed by atoms with Gasteiger partial charge >= 0.3 is 5.97 Å². The second-order valence-corrected chi connectivity index (χ2v) is 4.76. The van der Waals surface area contributed by atoms with E-state index in [2.05, 4.69) is 6.07 Å². The quantitative estimate of drug-likeness (QED) is 0.874. The largest absolute Gasteiger partial charge is 0.497 e. The van der Waals surface area contributed by atoms with E-state index in [-0.39, 0.29) is 11.8 Å². The zero-order valence-electron chi connectivity index (χ0n) is 10.3. The van der Waals surface area contributed by atoms with Crippen LogP contribution in [0.1, 0.15) is 24.5 Å². The van der Waals surface area contributed by atoms with Crippen molar-refractivity contribution in [3.05, 3.63) is 29.3 Å². The number of aliphatic carboxylic acids is 1. The van der Waals surface area contributed by atoms with Crippen LogP contribution in [0.5, 0.6) is 5.75 Å². The number of carbonyl (C=O) groups is 1. The molecule has 2 rings (SSSR count). The summed E-state index contributed by atoms with van der Waals surface area (Å²) in [5.74, 6) is 0.134. The summed E-state index contributed by atoms with van der Waals surface area (Å²) in [5, 5.41) is 9.06. The molecule has 1 aliphatic carbocycles. The van der Waals surface area contributed by atoms with E-state index in [1.807, 2.05) is 12.1 Å². The minimum Gasteiger partial charge on any atom is -0.497 e. The van der Waals surface area contributed by atoms with E-state index in [1.165, 1.54) is 11.1 Å². The fourth-order valence-electron chi connectivity index (χ4n) is 2.52. The van der Waals surface area contributed by atoms with Crippen LogP contribution in [0.2, 0.25) is 0 Å². The van der Waals surface area contributed by atoms with Crippen molar-refractivity contribution in [2.75, 3.05) is 7.11 Å². The predicted molar refractivity (Wildman–Crippen MR) is 65.3 cm³/mol. The summed E-state index contributed by atoms with van der Waals surface area (Å²) in [6, 6.07) is 6.10. The van der Waals surface area contributed by atoms with E-state index in [0.29, 0.717) is 0 Å². The Labute approximate surface area is 101 Å². The van der Waals surface area contributed by atoms with Crippen molar-refractivity contribution < 1.29 is 14.6 Å². The number of fused-ring (bicyclic) bond motifs is 1. The van der Waals surface area contributed by atoms with Crippen LogP contribution in [0, 0.1) is 11.8 Å². The molecule has 3 heteroatoms. The Balaban J connectivity index is 2.19. The zero-order valence-corrected chi connectivity index (χ0v) is 10.3. The number of ether oxygens (including phenoxy) is 1. The standard InChI is InChI=1S/C14H18O3/c1-9(14(15)16)11-4-3-10-5-6-13(17-2)8-12(10)7-11/h5-6,8-9,11H,3-4,7H2,1-2H3,(H,15,16). The maximum Gasteiger partial charge on any atom is 0.306 e. The number of methoxy groups -OCH3 is 1. The van der Waals surface area contributed by atoms with E-state index < -0.39 is 5.97 Å². The molecule has 0 saturated carbocycles. The second kappa shape index (κ2) is 4.78. The van der Waals surface area contributed by atoms with Crippen LogP contribution in [0.4, 0.5) is 0 Å². The van der Waals surface area contributed by atoms with Crippen LogP contribution in [-0.4, -0.2) is 18.2 Å². The first-order valence-corrected chi connectivity index (χ1v) is 6.00. The minimum absolute atomic E-state index is 0.243. The summed E-state index contributed by atoms with van der Waals surface area (Å²) >= 11 is 0. The highest BCUT2D eigenvalue weighted by Crippen LogP contribution is 2.32. The highest BCUT2D eigenvalue weighted by Gasteiger charge is 2.27. The number of hydrogen-bond acceptors (Lipinski definition) is 2. The van der Waals surface area contributed by atoms with E-state index >= 15 is 0 Å². The van der Waals surface area contributed by atoms with E-state index in [9.17, 15) is 4.79 Å². The average Bonchev–Trinajstić information content (AvgIpc) is 2.36. The van der Waals surface area contributed by atoms with Gasteiger partial charge < -0.3 is 9.84 Å². The van der Waals surface area contributed by atoms with Gasteiger partial charge in [0.05, 0.1) is 13.0 Å². The van der Waals surface area contributed by atoms with E-state index in [1.54, 1.807) is 14.0 Å². The molecule has 1 aromatic rings. The molecule has 0 fully saturated rings. The molecule has 0 amide bonds. The highest BCUT2D eigenvalue weighted by molar-refractivity contribution is 5.70. The smallest absolute Gasteiger partial charge is 0.306 e. The lowest BCUT2D eigenvalue weighted by molar-refractivity contribution is -0.143. The van der Waals surface area contributed by atoms with Crippen molar-refractivity contribution >= 4 is 5.97 Å². The molecule has 0 spiro atoms. The van der Waals surface area contributed by atoms with Crippen LogP contribution in [0.3, 0.4) is 0 Å². The van der Waals surface area contributed by atoms with Gasteiger partial charge in [0.25, 0.3) is 0 Å². The van der Waals surface area contributed by atoms with Gasteiger partial charge in [-0.1, -0.05) is 13.0 Å². The molecule has 0 bridgehead atoms. The lowest BCUT2D eigenvalue weighted by Crippen LogP contribution is -2.26. The molecular weight excluding hydrogens is 216 g/mol. The molecule has 1 aliphatic rings. The Kier molecular flexibility index (Phi) is 3.36. The van der Waals surface area contributed by atoms with Crippen LogP contribution in [0.25, 0.3) is 0 Å². The zero-order chi connectivity index (χ0) is 12.4. The summed E-state index contributed by atoms with van der Waals surface area (Å²) in [5.41, 5.74) is 2.58. The molecule has 0 radical (unpaired) electrons. The van der Waals surface area contributed by atoms with Gasteiger partial charge in [-0.15, -0.1) is 0 Å². The lowest BCUT2D eigenvalue weighted by Gasteiger charge is -2.27. The van der Waals surface area contributed by atoms with Gasteiger partial charge in [-0.2, -0.15) is 0 Å². The normalized spacial score (nSPS) is 20.5. The molecule has 0 saturated heterocycles. The minimum atomic E-state index is -0.693.